The third-order valence-corrected chi connectivity index (χ3v) is 2.64. The van der Waals surface area contributed by atoms with Crippen LogP contribution in [-0.2, 0) is 9.53 Å². The molecule has 0 aliphatic carbocycles. The molecule has 2 unspecified atom stereocenters. The van der Waals surface area contributed by atoms with Crippen molar-refractivity contribution in [1.29, 1.82) is 0 Å². The molecular weight excluding hydrogens is 170 g/mol. The molecular formula is C9H17NO3. The van der Waals surface area contributed by atoms with Crippen molar-refractivity contribution >= 4 is 5.97 Å². The first kappa shape index (κ1) is 10.5. The Balaban J connectivity index is 2.51. The van der Waals surface area contributed by atoms with Crippen molar-refractivity contribution in [2.24, 2.45) is 0 Å². The summed E-state index contributed by atoms with van der Waals surface area (Å²) in [6.07, 6.45) is 2.12. The van der Waals surface area contributed by atoms with E-state index in [1.807, 2.05) is 4.90 Å². The average molecular weight is 187 g/mol. The highest BCUT2D eigenvalue weighted by atomic mass is 16.5. The summed E-state index contributed by atoms with van der Waals surface area (Å²) in [5, 5.41) is 8.85. The molecule has 0 saturated carbocycles. The van der Waals surface area contributed by atoms with Crippen molar-refractivity contribution in [3.8, 4) is 0 Å². The smallest absolute Gasteiger partial charge is 0.320 e. The predicted octanol–water partition coefficient (Wildman–Crippen LogP) is 0.570. The van der Waals surface area contributed by atoms with Gasteiger partial charge in [-0.1, -0.05) is 0 Å². The second kappa shape index (κ2) is 4.58. The van der Waals surface area contributed by atoms with Crippen molar-refractivity contribution < 1.29 is 14.6 Å². The predicted molar refractivity (Wildman–Crippen MR) is 48.7 cm³/mol. The summed E-state index contributed by atoms with van der Waals surface area (Å²) in [5.41, 5.74) is 0. The molecule has 0 aromatic rings. The summed E-state index contributed by atoms with van der Waals surface area (Å²) >= 11 is 0. The van der Waals surface area contributed by atoms with Gasteiger partial charge in [0.15, 0.2) is 0 Å². The number of carboxylic acids is 1. The monoisotopic (exact) mass is 187 g/mol. The van der Waals surface area contributed by atoms with E-state index in [-0.39, 0.29) is 12.1 Å². The number of methoxy groups -OCH3 is 1. The lowest BCUT2D eigenvalue weighted by Crippen LogP contribution is -2.43. The summed E-state index contributed by atoms with van der Waals surface area (Å²) in [6.45, 7) is 3.25. The SMILES string of the molecule is COCC1CCCN1C(C)C(=O)O. The Morgan fingerprint density at radius 1 is 1.77 bits per heavy atom. The first-order valence-corrected chi connectivity index (χ1v) is 4.64. The second-order valence-electron chi connectivity index (χ2n) is 3.50. The van der Waals surface area contributed by atoms with Crippen molar-refractivity contribution in [2.75, 3.05) is 20.3 Å². The molecule has 1 N–H and O–H groups in total. The molecule has 2 atom stereocenters. The fourth-order valence-corrected chi connectivity index (χ4v) is 1.88. The average Bonchev–Trinajstić information content (AvgIpc) is 2.52. The number of likely N-dealkylation sites (tertiary alicyclic amines) is 1. The lowest BCUT2D eigenvalue weighted by molar-refractivity contribution is -0.143. The van der Waals surface area contributed by atoms with E-state index in [4.69, 9.17) is 9.84 Å². The zero-order valence-electron chi connectivity index (χ0n) is 8.19. The fraction of sp³-hybridized carbons (Fsp3) is 0.889. The molecule has 0 radical (unpaired) electrons. The molecule has 0 spiro atoms. The highest BCUT2D eigenvalue weighted by molar-refractivity contribution is 5.73. The van der Waals surface area contributed by atoms with E-state index < -0.39 is 5.97 Å². The lowest BCUT2D eigenvalue weighted by atomic mass is 10.2. The molecule has 0 amide bonds. The highest BCUT2D eigenvalue weighted by Gasteiger charge is 2.31. The number of aliphatic carboxylic acids is 1. The van der Waals surface area contributed by atoms with Gasteiger partial charge in [0.2, 0.25) is 0 Å². The minimum absolute atomic E-state index is 0.288. The topological polar surface area (TPSA) is 49.8 Å². The van der Waals surface area contributed by atoms with Gasteiger partial charge in [0.1, 0.15) is 6.04 Å². The maximum Gasteiger partial charge on any atom is 0.320 e. The second-order valence-corrected chi connectivity index (χ2v) is 3.50. The maximum absolute atomic E-state index is 10.8. The van der Waals surface area contributed by atoms with Crippen LogP contribution in [0, 0.1) is 0 Å². The molecule has 1 saturated heterocycles. The van der Waals surface area contributed by atoms with E-state index in [2.05, 4.69) is 0 Å². The van der Waals surface area contributed by atoms with Crippen molar-refractivity contribution in [1.82, 2.24) is 4.90 Å². The molecule has 76 valence electrons. The molecule has 0 aromatic heterocycles. The van der Waals surface area contributed by atoms with Gasteiger partial charge in [0, 0.05) is 13.2 Å². The van der Waals surface area contributed by atoms with E-state index in [9.17, 15) is 4.79 Å². The fourth-order valence-electron chi connectivity index (χ4n) is 1.88. The first-order chi connectivity index (χ1) is 6.16. The summed E-state index contributed by atoms with van der Waals surface area (Å²) in [4.78, 5) is 12.8. The number of carboxylic acid groups (broad SMARTS) is 1. The normalized spacial score (nSPS) is 26.2. The number of carbonyl (C=O) groups is 1. The molecule has 1 fully saturated rings. The molecule has 13 heavy (non-hydrogen) atoms. The quantitative estimate of drug-likeness (QED) is 0.699. The Labute approximate surface area is 78.5 Å². The molecule has 1 rings (SSSR count). The van der Waals surface area contributed by atoms with Crippen molar-refractivity contribution in [2.45, 2.75) is 31.8 Å². The number of hydrogen-bond donors (Lipinski definition) is 1. The van der Waals surface area contributed by atoms with Gasteiger partial charge >= 0.3 is 5.97 Å². The highest BCUT2D eigenvalue weighted by Crippen LogP contribution is 2.20. The minimum atomic E-state index is -0.747. The Morgan fingerprint density at radius 2 is 2.46 bits per heavy atom. The Morgan fingerprint density at radius 3 is 3.00 bits per heavy atom. The third kappa shape index (κ3) is 2.42. The molecule has 1 aliphatic rings. The standard InChI is InChI=1S/C9H17NO3/c1-7(9(11)12)10-5-3-4-8(10)6-13-2/h7-8H,3-6H2,1-2H3,(H,11,12). The van der Waals surface area contributed by atoms with Gasteiger partial charge in [0.05, 0.1) is 6.61 Å². The van der Waals surface area contributed by atoms with Gasteiger partial charge < -0.3 is 9.84 Å². The van der Waals surface area contributed by atoms with Gasteiger partial charge in [-0.05, 0) is 26.3 Å². The van der Waals surface area contributed by atoms with Crippen LogP contribution in [0.3, 0.4) is 0 Å². The minimum Gasteiger partial charge on any atom is -0.480 e. The molecule has 0 aromatic carbocycles. The Hall–Kier alpha value is -0.610. The number of hydrogen-bond acceptors (Lipinski definition) is 3. The third-order valence-electron chi connectivity index (χ3n) is 2.64. The van der Waals surface area contributed by atoms with E-state index in [0.29, 0.717) is 6.61 Å². The van der Waals surface area contributed by atoms with Crippen LogP contribution in [0.1, 0.15) is 19.8 Å². The van der Waals surface area contributed by atoms with Crippen LogP contribution in [0.5, 0.6) is 0 Å². The van der Waals surface area contributed by atoms with E-state index in [0.717, 1.165) is 19.4 Å². The van der Waals surface area contributed by atoms with Crippen LogP contribution in [0.4, 0.5) is 0 Å². The largest absolute Gasteiger partial charge is 0.480 e. The van der Waals surface area contributed by atoms with Crippen LogP contribution in [-0.4, -0.2) is 48.3 Å². The van der Waals surface area contributed by atoms with Crippen molar-refractivity contribution in [3.05, 3.63) is 0 Å². The zero-order valence-corrected chi connectivity index (χ0v) is 8.19. The van der Waals surface area contributed by atoms with Gasteiger partial charge in [-0.2, -0.15) is 0 Å². The first-order valence-electron chi connectivity index (χ1n) is 4.64. The van der Waals surface area contributed by atoms with Crippen LogP contribution in [0.2, 0.25) is 0 Å². The molecule has 1 heterocycles. The van der Waals surface area contributed by atoms with E-state index >= 15 is 0 Å². The van der Waals surface area contributed by atoms with Gasteiger partial charge in [-0.25, -0.2) is 0 Å². The lowest BCUT2D eigenvalue weighted by Gasteiger charge is -2.27. The van der Waals surface area contributed by atoms with Crippen LogP contribution >= 0.6 is 0 Å². The van der Waals surface area contributed by atoms with E-state index in [1.54, 1.807) is 14.0 Å². The summed E-state index contributed by atoms with van der Waals surface area (Å²) in [7, 11) is 1.65. The maximum atomic E-state index is 10.8. The summed E-state index contributed by atoms with van der Waals surface area (Å²) < 4.78 is 5.05. The molecule has 4 heteroatoms. The Bertz CT molecular complexity index is 184. The molecule has 1 aliphatic heterocycles. The zero-order chi connectivity index (χ0) is 9.84. The number of rotatable bonds is 4. The summed E-state index contributed by atoms with van der Waals surface area (Å²) in [6, 6.07) is -0.0984. The number of nitrogens with zero attached hydrogens (tertiary/aromatic N) is 1. The van der Waals surface area contributed by atoms with Crippen LogP contribution in [0.25, 0.3) is 0 Å². The van der Waals surface area contributed by atoms with Gasteiger partial charge in [-0.3, -0.25) is 9.69 Å². The van der Waals surface area contributed by atoms with Gasteiger partial charge in [-0.15, -0.1) is 0 Å². The van der Waals surface area contributed by atoms with Gasteiger partial charge in [0.25, 0.3) is 0 Å². The molecule has 0 bridgehead atoms. The van der Waals surface area contributed by atoms with Crippen LogP contribution in [0.15, 0.2) is 0 Å². The number of ether oxygens (including phenoxy) is 1. The molecule has 4 nitrogen and oxygen atoms in total. The van der Waals surface area contributed by atoms with Crippen LogP contribution < -0.4 is 0 Å². The Kier molecular flexibility index (Phi) is 3.69. The van der Waals surface area contributed by atoms with E-state index in [1.165, 1.54) is 0 Å². The van der Waals surface area contributed by atoms with Crippen molar-refractivity contribution in [3.63, 3.8) is 0 Å². The summed E-state index contributed by atoms with van der Waals surface area (Å²) in [5.74, 6) is -0.747.